The van der Waals surface area contributed by atoms with E-state index in [0.717, 1.165) is 43.2 Å². The summed E-state index contributed by atoms with van der Waals surface area (Å²) >= 11 is 0. The monoisotopic (exact) mass is 415 g/mol. The number of hydrogen-bond donors (Lipinski definition) is 2. The summed E-state index contributed by atoms with van der Waals surface area (Å²) in [4.78, 5) is 23.4. The summed E-state index contributed by atoms with van der Waals surface area (Å²) in [5.74, 6) is -0.562. The number of Topliss-reactive ketones (excluding diaryl/α,β-unsaturated/α-hetero) is 1. The molecule has 0 bridgehead atoms. The minimum absolute atomic E-state index is 0.0992. The Balaban J connectivity index is 1.86. The van der Waals surface area contributed by atoms with E-state index < -0.39 is 5.60 Å². The first-order chi connectivity index (χ1) is 14.4. The fourth-order valence-electron chi connectivity index (χ4n) is 3.45. The fraction of sp³-hybridized carbons (Fsp3) is 0.417. The number of unbranched alkanes of at least 4 members (excludes halogenated alkanes) is 4. The predicted octanol–water partition coefficient (Wildman–Crippen LogP) is 5.15. The molecule has 0 aliphatic heterocycles. The summed E-state index contributed by atoms with van der Waals surface area (Å²) in [5.41, 5.74) is 3.28. The molecule has 0 radical (unpaired) electrons. The third-order valence-corrected chi connectivity index (χ3v) is 5.49. The molecule has 5 nitrogen and oxygen atoms in total. The number of hydroxylamine groups is 1. The molecule has 162 valence electrons. The highest BCUT2D eigenvalue weighted by Crippen LogP contribution is 2.33. The summed E-state index contributed by atoms with van der Waals surface area (Å²) in [7, 11) is 1.61. The van der Waals surface area contributed by atoms with Gasteiger partial charge in [-0.15, -0.1) is 0 Å². The molecule has 2 aromatic rings. The number of carbonyl (C=O) groups is 2. The van der Waals surface area contributed by atoms with Gasteiger partial charge in [-0.1, -0.05) is 55.7 Å². The van der Waals surface area contributed by atoms with Crippen LogP contribution >= 0.6 is 0 Å². The molecule has 1 amide bonds. The van der Waals surface area contributed by atoms with Crippen LogP contribution in [0.25, 0.3) is 0 Å². The highest BCUT2D eigenvalue weighted by Gasteiger charge is 2.28. The van der Waals surface area contributed by atoms with E-state index in [4.69, 9.17) is 9.94 Å². The zero-order chi connectivity index (χ0) is 22.0. The average Bonchev–Trinajstić information content (AvgIpc) is 2.78. The predicted molar refractivity (Wildman–Crippen MR) is 113 cm³/mol. The van der Waals surface area contributed by atoms with Crippen molar-refractivity contribution < 1.29 is 23.9 Å². The molecule has 0 saturated heterocycles. The van der Waals surface area contributed by atoms with E-state index in [2.05, 4.69) is 0 Å². The van der Waals surface area contributed by atoms with Crippen LogP contribution in [0.15, 0.2) is 48.5 Å². The van der Waals surface area contributed by atoms with Crippen LogP contribution in [0.1, 0.15) is 73.4 Å². The van der Waals surface area contributed by atoms with Crippen molar-refractivity contribution in [1.82, 2.24) is 5.48 Å². The molecule has 30 heavy (non-hydrogen) atoms. The van der Waals surface area contributed by atoms with Crippen molar-refractivity contribution in [3.8, 4) is 0 Å². The number of nitrogens with one attached hydrogen (secondary N) is 1. The van der Waals surface area contributed by atoms with Crippen LogP contribution in [-0.4, -0.2) is 24.0 Å². The van der Waals surface area contributed by atoms with Gasteiger partial charge in [-0.3, -0.25) is 14.8 Å². The number of ether oxygens (including phenoxy) is 1. The number of halogens is 1. The summed E-state index contributed by atoms with van der Waals surface area (Å²) in [5, 5.41) is 8.43. The van der Waals surface area contributed by atoms with Crippen LogP contribution in [0, 0.1) is 5.82 Å². The minimum atomic E-state index is -0.734. The molecule has 0 spiro atoms. The van der Waals surface area contributed by atoms with Crippen LogP contribution in [0.2, 0.25) is 0 Å². The number of hydrogen-bond acceptors (Lipinski definition) is 4. The van der Waals surface area contributed by atoms with Crippen molar-refractivity contribution in [2.24, 2.45) is 0 Å². The van der Waals surface area contributed by atoms with Gasteiger partial charge < -0.3 is 4.74 Å². The summed E-state index contributed by atoms with van der Waals surface area (Å²) < 4.78 is 19.0. The largest absolute Gasteiger partial charge is 0.369 e. The van der Waals surface area contributed by atoms with Crippen LogP contribution in [0.4, 0.5) is 4.39 Å². The lowest BCUT2D eigenvalue weighted by Crippen LogP contribution is -2.26. The molecule has 0 aliphatic carbocycles. The molecule has 0 saturated carbocycles. The maximum atomic E-state index is 13.3. The second-order valence-corrected chi connectivity index (χ2v) is 7.55. The molecule has 0 aliphatic rings. The number of methoxy groups -OCH3 is 1. The van der Waals surface area contributed by atoms with E-state index in [1.54, 1.807) is 24.7 Å². The van der Waals surface area contributed by atoms with Crippen LogP contribution in [-0.2, 0) is 15.1 Å². The van der Waals surface area contributed by atoms with Gasteiger partial charge in [0.25, 0.3) is 0 Å². The minimum Gasteiger partial charge on any atom is -0.369 e. The van der Waals surface area contributed by atoms with Crippen LogP contribution in [0.5, 0.6) is 0 Å². The maximum absolute atomic E-state index is 13.3. The quantitative estimate of drug-likeness (QED) is 0.217. The molecule has 1 unspecified atom stereocenters. The van der Waals surface area contributed by atoms with Gasteiger partial charge >= 0.3 is 0 Å². The van der Waals surface area contributed by atoms with E-state index in [1.807, 2.05) is 31.2 Å². The topological polar surface area (TPSA) is 75.6 Å². The number of carbonyl (C=O) groups excluding carboxylic acids is 2. The molecule has 0 heterocycles. The lowest BCUT2D eigenvalue weighted by atomic mass is 9.87. The lowest BCUT2D eigenvalue weighted by molar-refractivity contribution is -0.129. The van der Waals surface area contributed by atoms with Gasteiger partial charge in [0.05, 0.1) is 0 Å². The highest BCUT2D eigenvalue weighted by molar-refractivity contribution is 5.96. The van der Waals surface area contributed by atoms with E-state index in [0.29, 0.717) is 18.4 Å². The van der Waals surface area contributed by atoms with Crippen LogP contribution < -0.4 is 5.48 Å². The molecular formula is C24H30FNO4. The summed E-state index contributed by atoms with van der Waals surface area (Å²) in [6, 6.07) is 13.6. The van der Waals surface area contributed by atoms with Gasteiger partial charge in [-0.25, -0.2) is 9.87 Å². The molecule has 2 aromatic carbocycles. The van der Waals surface area contributed by atoms with Gasteiger partial charge in [0, 0.05) is 25.5 Å². The second-order valence-electron chi connectivity index (χ2n) is 7.55. The molecule has 0 aromatic heterocycles. The Morgan fingerprint density at radius 2 is 1.40 bits per heavy atom. The Morgan fingerprint density at radius 1 is 0.900 bits per heavy atom. The van der Waals surface area contributed by atoms with Crippen molar-refractivity contribution in [1.29, 1.82) is 0 Å². The smallest absolute Gasteiger partial charge is 0.243 e. The normalized spacial score (nSPS) is 12.9. The van der Waals surface area contributed by atoms with Gasteiger partial charge in [0.1, 0.15) is 11.4 Å². The Hall–Kier alpha value is -2.57. The first-order valence-electron chi connectivity index (χ1n) is 10.3. The third kappa shape index (κ3) is 6.47. The van der Waals surface area contributed by atoms with Crippen LogP contribution in [0.3, 0.4) is 0 Å². The van der Waals surface area contributed by atoms with Gasteiger partial charge in [-0.05, 0) is 43.0 Å². The Labute approximate surface area is 177 Å². The van der Waals surface area contributed by atoms with E-state index in [-0.39, 0.29) is 17.5 Å². The van der Waals surface area contributed by atoms with E-state index >= 15 is 0 Å². The standard InChI is InChI=1S/C24H30FNO4/c1-24(30-2,20-14-16-21(25)17-15-20)19-12-10-18(11-13-19)22(27)8-6-4-3-5-7-9-23(28)26-29/h10-17,29H,3-9H2,1-2H3,(H,26,28). The molecule has 2 N–H and O–H groups in total. The summed E-state index contributed by atoms with van der Waals surface area (Å²) in [6.45, 7) is 1.92. The molecule has 2 rings (SSSR count). The van der Waals surface area contributed by atoms with Gasteiger partial charge in [-0.2, -0.15) is 0 Å². The number of rotatable bonds is 12. The second kappa shape index (κ2) is 11.6. The summed E-state index contributed by atoms with van der Waals surface area (Å²) in [6.07, 6.45) is 5.11. The van der Waals surface area contributed by atoms with Crippen molar-refractivity contribution in [3.05, 3.63) is 71.0 Å². The molecule has 1 atom stereocenters. The Morgan fingerprint density at radius 3 is 1.93 bits per heavy atom. The number of benzene rings is 2. The van der Waals surface area contributed by atoms with Crippen molar-refractivity contribution in [3.63, 3.8) is 0 Å². The Bertz CT molecular complexity index is 820. The first kappa shape index (κ1) is 23.7. The van der Waals surface area contributed by atoms with E-state index in [1.165, 1.54) is 12.1 Å². The first-order valence-corrected chi connectivity index (χ1v) is 10.3. The lowest BCUT2D eigenvalue weighted by Gasteiger charge is -2.29. The highest BCUT2D eigenvalue weighted by atomic mass is 19.1. The number of amides is 1. The average molecular weight is 416 g/mol. The van der Waals surface area contributed by atoms with Gasteiger partial charge in [0.2, 0.25) is 5.91 Å². The molecular weight excluding hydrogens is 385 g/mol. The van der Waals surface area contributed by atoms with Crippen molar-refractivity contribution in [2.45, 2.75) is 57.5 Å². The third-order valence-electron chi connectivity index (χ3n) is 5.49. The Kier molecular flexibility index (Phi) is 9.15. The zero-order valence-corrected chi connectivity index (χ0v) is 17.6. The van der Waals surface area contributed by atoms with Crippen molar-refractivity contribution in [2.75, 3.05) is 7.11 Å². The molecule has 6 heteroatoms. The molecule has 0 fully saturated rings. The van der Waals surface area contributed by atoms with Crippen molar-refractivity contribution >= 4 is 11.7 Å². The SMILES string of the molecule is COC(C)(c1ccc(F)cc1)c1ccc(C(=O)CCCCCCCC(=O)NO)cc1. The fourth-order valence-corrected chi connectivity index (χ4v) is 3.45. The van der Waals surface area contributed by atoms with E-state index in [9.17, 15) is 14.0 Å². The number of ketones is 1. The zero-order valence-electron chi connectivity index (χ0n) is 17.6. The van der Waals surface area contributed by atoms with Gasteiger partial charge in [0.15, 0.2) is 5.78 Å². The maximum Gasteiger partial charge on any atom is 0.243 e.